The van der Waals surface area contributed by atoms with Crippen molar-refractivity contribution in [3.63, 3.8) is 0 Å². The van der Waals surface area contributed by atoms with E-state index in [1.165, 1.54) is 0 Å². The molecule has 2 heterocycles. The van der Waals surface area contributed by atoms with E-state index in [9.17, 15) is 0 Å². The first-order valence-electron chi connectivity index (χ1n) is 7.42. The van der Waals surface area contributed by atoms with E-state index in [0.717, 1.165) is 35.8 Å². The van der Waals surface area contributed by atoms with Crippen LogP contribution in [0.1, 0.15) is 37.9 Å². The highest BCUT2D eigenvalue weighted by Crippen LogP contribution is 2.23. The molecule has 2 aromatic rings. The number of pyridine rings is 2. The van der Waals surface area contributed by atoms with Crippen LogP contribution in [-0.4, -0.2) is 16.0 Å². The third-order valence-electron chi connectivity index (χ3n) is 3.09. The molecule has 0 spiro atoms. The Morgan fingerprint density at radius 1 is 1.14 bits per heavy atom. The van der Waals surface area contributed by atoms with Crippen LogP contribution in [0.15, 0.2) is 30.3 Å². The van der Waals surface area contributed by atoms with E-state index in [2.05, 4.69) is 36.1 Å². The van der Waals surface area contributed by atoms with Gasteiger partial charge >= 0.3 is 0 Å². The topological polar surface area (TPSA) is 47.0 Å². The summed E-state index contributed by atoms with van der Waals surface area (Å²) >= 11 is 0. The molecular weight excluding hydrogens is 262 g/mol. The molecule has 4 heteroatoms. The van der Waals surface area contributed by atoms with Gasteiger partial charge in [-0.25, -0.2) is 4.98 Å². The van der Waals surface area contributed by atoms with Crippen LogP contribution in [0.25, 0.3) is 0 Å². The lowest BCUT2D eigenvalue weighted by molar-refractivity contribution is 0.450. The predicted octanol–water partition coefficient (Wildman–Crippen LogP) is 3.64. The molecule has 0 aliphatic carbocycles. The van der Waals surface area contributed by atoms with Crippen LogP contribution < -0.4 is 10.1 Å². The summed E-state index contributed by atoms with van der Waals surface area (Å²) < 4.78 is 5.90. The van der Waals surface area contributed by atoms with Gasteiger partial charge in [-0.1, -0.05) is 26.8 Å². The minimum absolute atomic E-state index is 0.435. The molecule has 1 N–H and O–H groups in total. The Balaban J connectivity index is 2.14. The summed E-state index contributed by atoms with van der Waals surface area (Å²) in [6, 6.07) is 10.2. The van der Waals surface area contributed by atoms with Crippen molar-refractivity contribution in [2.45, 2.75) is 46.7 Å². The van der Waals surface area contributed by atoms with Crippen LogP contribution >= 0.6 is 0 Å². The van der Waals surface area contributed by atoms with E-state index >= 15 is 0 Å². The van der Waals surface area contributed by atoms with Gasteiger partial charge in [-0.2, -0.15) is 0 Å². The fourth-order valence-electron chi connectivity index (χ4n) is 1.98. The number of ether oxygens (including phenoxy) is 1. The van der Waals surface area contributed by atoms with Gasteiger partial charge < -0.3 is 10.1 Å². The quantitative estimate of drug-likeness (QED) is 0.880. The van der Waals surface area contributed by atoms with Crippen molar-refractivity contribution in [2.75, 3.05) is 0 Å². The van der Waals surface area contributed by atoms with Crippen LogP contribution in [0.3, 0.4) is 0 Å². The highest BCUT2D eigenvalue weighted by Gasteiger charge is 2.07. The Bertz CT molecular complexity index is 596. The lowest BCUT2D eigenvalue weighted by Crippen LogP contribution is -2.22. The van der Waals surface area contributed by atoms with Gasteiger partial charge in [0.2, 0.25) is 5.88 Å². The third-order valence-corrected chi connectivity index (χ3v) is 3.09. The maximum Gasteiger partial charge on any atom is 0.219 e. The van der Waals surface area contributed by atoms with Crippen molar-refractivity contribution in [2.24, 2.45) is 0 Å². The van der Waals surface area contributed by atoms with Crippen molar-refractivity contribution in [1.29, 1.82) is 0 Å². The molecule has 0 radical (unpaired) electrons. The molecule has 0 amide bonds. The fourth-order valence-corrected chi connectivity index (χ4v) is 1.98. The first kappa shape index (κ1) is 15.4. The molecule has 2 rings (SSSR count). The molecule has 0 bridgehead atoms. The van der Waals surface area contributed by atoms with Gasteiger partial charge in [0.05, 0.1) is 11.4 Å². The Labute approximate surface area is 126 Å². The summed E-state index contributed by atoms with van der Waals surface area (Å²) in [4.78, 5) is 9.03. The molecular formula is C17H23N3O. The average molecular weight is 285 g/mol. The average Bonchev–Trinajstić information content (AvgIpc) is 2.47. The molecule has 0 aliphatic rings. The molecule has 112 valence electrons. The van der Waals surface area contributed by atoms with E-state index in [4.69, 9.17) is 4.74 Å². The minimum Gasteiger partial charge on any atom is -0.437 e. The summed E-state index contributed by atoms with van der Waals surface area (Å²) in [5, 5.41) is 3.35. The standard InChI is InChI=1S/C17H23N3O/c1-5-15-16(10-9-13(4)19-15)21-17-8-6-7-14(20-17)11-18-12(2)3/h6-10,12,18H,5,11H2,1-4H3. The van der Waals surface area contributed by atoms with Gasteiger partial charge in [0.1, 0.15) is 0 Å². The highest BCUT2D eigenvalue weighted by atomic mass is 16.5. The molecule has 0 saturated heterocycles. The van der Waals surface area contributed by atoms with Crippen molar-refractivity contribution in [1.82, 2.24) is 15.3 Å². The molecule has 2 aromatic heterocycles. The molecule has 21 heavy (non-hydrogen) atoms. The van der Waals surface area contributed by atoms with Crippen molar-refractivity contribution in [3.05, 3.63) is 47.4 Å². The lowest BCUT2D eigenvalue weighted by atomic mass is 10.2. The second-order valence-corrected chi connectivity index (χ2v) is 5.36. The minimum atomic E-state index is 0.435. The molecule has 4 nitrogen and oxygen atoms in total. The van der Waals surface area contributed by atoms with Crippen LogP contribution in [0, 0.1) is 6.92 Å². The first-order valence-corrected chi connectivity index (χ1v) is 7.42. The molecule has 0 unspecified atom stereocenters. The lowest BCUT2D eigenvalue weighted by Gasteiger charge is -2.11. The van der Waals surface area contributed by atoms with E-state index in [0.29, 0.717) is 11.9 Å². The zero-order valence-electron chi connectivity index (χ0n) is 13.2. The molecule has 0 saturated carbocycles. The predicted molar refractivity (Wildman–Crippen MR) is 84.6 cm³/mol. The van der Waals surface area contributed by atoms with Gasteiger partial charge in [0.15, 0.2) is 5.75 Å². The molecule has 0 atom stereocenters. The first-order chi connectivity index (χ1) is 10.1. The maximum atomic E-state index is 5.90. The number of hydrogen-bond acceptors (Lipinski definition) is 4. The Hall–Kier alpha value is -1.94. The molecule has 0 fully saturated rings. The third kappa shape index (κ3) is 4.53. The van der Waals surface area contributed by atoms with Gasteiger partial charge in [0, 0.05) is 24.3 Å². The second-order valence-electron chi connectivity index (χ2n) is 5.36. The van der Waals surface area contributed by atoms with E-state index in [1.54, 1.807) is 0 Å². The van der Waals surface area contributed by atoms with Gasteiger partial charge in [-0.3, -0.25) is 4.98 Å². The van der Waals surface area contributed by atoms with Crippen LogP contribution in [0.5, 0.6) is 11.6 Å². The van der Waals surface area contributed by atoms with Crippen molar-refractivity contribution < 1.29 is 4.74 Å². The Kier molecular flexibility index (Phi) is 5.28. The zero-order chi connectivity index (χ0) is 15.2. The number of nitrogens with one attached hydrogen (secondary N) is 1. The largest absolute Gasteiger partial charge is 0.437 e. The molecule has 0 aliphatic heterocycles. The van der Waals surface area contributed by atoms with Crippen LogP contribution in [-0.2, 0) is 13.0 Å². The normalized spacial score (nSPS) is 10.9. The summed E-state index contributed by atoms with van der Waals surface area (Å²) in [7, 11) is 0. The van der Waals surface area contributed by atoms with Gasteiger partial charge in [-0.05, 0) is 31.5 Å². The SMILES string of the molecule is CCc1nc(C)ccc1Oc1cccc(CNC(C)C)n1. The number of rotatable bonds is 6. The van der Waals surface area contributed by atoms with Crippen LogP contribution in [0.2, 0.25) is 0 Å². The summed E-state index contributed by atoms with van der Waals surface area (Å²) in [5.41, 5.74) is 2.93. The Morgan fingerprint density at radius 2 is 1.95 bits per heavy atom. The fraction of sp³-hybridized carbons (Fsp3) is 0.412. The number of aryl methyl sites for hydroxylation is 2. The van der Waals surface area contributed by atoms with Gasteiger partial charge in [-0.15, -0.1) is 0 Å². The number of hydrogen-bond donors (Lipinski definition) is 1. The zero-order valence-corrected chi connectivity index (χ0v) is 13.2. The monoisotopic (exact) mass is 285 g/mol. The number of nitrogens with zero attached hydrogens (tertiary/aromatic N) is 2. The smallest absolute Gasteiger partial charge is 0.219 e. The summed E-state index contributed by atoms with van der Waals surface area (Å²) in [6.07, 6.45) is 0.839. The second kappa shape index (κ2) is 7.18. The van der Waals surface area contributed by atoms with E-state index in [-0.39, 0.29) is 0 Å². The highest BCUT2D eigenvalue weighted by molar-refractivity contribution is 5.33. The van der Waals surface area contributed by atoms with E-state index in [1.807, 2.05) is 37.3 Å². The van der Waals surface area contributed by atoms with E-state index < -0.39 is 0 Å². The van der Waals surface area contributed by atoms with Gasteiger partial charge in [0.25, 0.3) is 0 Å². The summed E-state index contributed by atoms with van der Waals surface area (Å²) in [6.45, 7) is 9.03. The summed E-state index contributed by atoms with van der Waals surface area (Å²) in [5.74, 6) is 1.39. The van der Waals surface area contributed by atoms with Crippen LogP contribution in [0.4, 0.5) is 0 Å². The maximum absolute atomic E-state index is 5.90. The molecule has 0 aromatic carbocycles. The Morgan fingerprint density at radius 3 is 2.67 bits per heavy atom. The van der Waals surface area contributed by atoms with Crippen molar-refractivity contribution >= 4 is 0 Å². The van der Waals surface area contributed by atoms with Crippen molar-refractivity contribution in [3.8, 4) is 11.6 Å². The number of aromatic nitrogens is 2.